The van der Waals surface area contributed by atoms with Crippen LogP contribution in [-0.2, 0) is 0 Å². The third kappa shape index (κ3) is 1.02. The first-order chi connectivity index (χ1) is 6.36. The SMILES string of the molecule is Nc1cnc2scnc2c1C1CC1. The van der Waals surface area contributed by atoms with Gasteiger partial charge in [-0.2, -0.15) is 0 Å². The maximum atomic E-state index is 5.89. The molecular weight excluding hydrogens is 182 g/mol. The van der Waals surface area contributed by atoms with Crippen LogP contribution < -0.4 is 5.73 Å². The minimum absolute atomic E-state index is 0.646. The van der Waals surface area contributed by atoms with Crippen LogP contribution in [0.5, 0.6) is 0 Å². The molecule has 2 N–H and O–H groups in total. The van der Waals surface area contributed by atoms with E-state index in [1.807, 2.05) is 5.51 Å². The van der Waals surface area contributed by atoms with Gasteiger partial charge in [-0.25, -0.2) is 9.97 Å². The Labute approximate surface area is 79.6 Å². The van der Waals surface area contributed by atoms with Crippen molar-refractivity contribution in [3.63, 3.8) is 0 Å². The fraction of sp³-hybridized carbons (Fsp3) is 0.333. The summed E-state index contributed by atoms with van der Waals surface area (Å²) in [7, 11) is 0. The number of nitrogens with zero attached hydrogens (tertiary/aromatic N) is 2. The molecule has 2 aromatic heterocycles. The molecule has 13 heavy (non-hydrogen) atoms. The third-order valence-electron chi connectivity index (χ3n) is 2.42. The first kappa shape index (κ1) is 7.26. The summed E-state index contributed by atoms with van der Waals surface area (Å²) in [5.41, 5.74) is 10.8. The van der Waals surface area contributed by atoms with Gasteiger partial charge >= 0.3 is 0 Å². The van der Waals surface area contributed by atoms with Gasteiger partial charge in [0.05, 0.1) is 17.4 Å². The van der Waals surface area contributed by atoms with Gasteiger partial charge in [-0.15, -0.1) is 11.3 Å². The van der Waals surface area contributed by atoms with Crippen molar-refractivity contribution >= 4 is 27.4 Å². The Morgan fingerprint density at radius 3 is 3.00 bits per heavy atom. The van der Waals surface area contributed by atoms with Gasteiger partial charge in [0.25, 0.3) is 0 Å². The van der Waals surface area contributed by atoms with E-state index in [9.17, 15) is 0 Å². The molecular formula is C9H9N3S. The van der Waals surface area contributed by atoms with E-state index in [1.165, 1.54) is 18.4 Å². The summed E-state index contributed by atoms with van der Waals surface area (Å²) < 4.78 is 0. The van der Waals surface area contributed by atoms with Crippen LogP contribution in [0, 0.1) is 0 Å². The Hall–Kier alpha value is -1.16. The lowest BCUT2D eigenvalue weighted by molar-refractivity contribution is 1.13. The van der Waals surface area contributed by atoms with E-state index in [0.29, 0.717) is 5.92 Å². The lowest BCUT2D eigenvalue weighted by Gasteiger charge is -2.02. The third-order valence-corrected chi connectivity index (χ3v) is 3.15. The van der Waals surface area contributed by atoms with Crippen molar-refractivity contribution in [1.82, 2.24) is 9.97 Å². The van der Waals surface area contributed by atoms with Crippen LogP contribution in [0.25, 0.3) is 10.3 Å². The van der Waals surface area contributed by atoms with Crippen LogP contribution in [0.4, 0.5) is 5.69 Å². The Balaban J connectivity index is 2.36. The zero-order valence-corrected chi connectivity index (χ0v) is 7.84. The number of fused-ring (bicyclic) bond motifs is 1. The minimum atomic E-state index is 0.646. The Morgan fingerprint density at radius 1 is 1.38 bits per heavy atom. The maximum absolute atomic E-state index is 5.89. The molecule has 4 heteroatoms. The summed E-state index contributed by atoms with van der Waals surface area (Å²) in [5, 5.41) is 0. The molecule has 0 aromatic carbocycles. The number of aromatic nitrogens is 2. The number of nitrogen functional groups attached to an aromatic ring is 1. The Morgan fingerprint density at radius 2 is 2.23 bits per heavy atom. The van der Waals surface area contributed by atoms with Crippen molar-refractivity contribution in [1.29, 1.82) is 0 Å². The highest BCUT2D eigenvalue weighted by Gasteiger charge is 2.28. The fourth-order valence-corrected chi connectivity index (χ4v) is 2.30. The molecule has 0 aliphatic heterocycles. The normalized spacial score (nSPS) is 16.6. The molecule has 1 saturated carbocycles. The monoisotopic (exact) mass is 191 g/mol. The number of rotatable bonds is 1. The average Bonchev–Trinajstić information content (AvgIpc) is 2.82. The Kier molecular flexibility index (Phi) is 1.35. The zero-order valence-electron chi connectivity index (χ0n) is 7.03. The molecule has 0 unspecified atom stereocenters. The summed E-state index contributed by atoms with van der Waals surface area (Å²) in [6, 6.07) is 0. The topological polar surface area (TPSA) is 51.8 Å². The van der Waals surface area contributed by atoms with Gasteiger partial charge in [0.15, 0.2) is 0 Å². The molecule has 0 saturated heterocycles. The molecule has 0 radical (unpaired) electrons. The maximum Gasteiger partial charge on any atom is 0.143 e. The molecule has 1 aliphatic rings. The highest BCUT2D eigenvalue weighted by Crippen LogP contribution is 2.45. The van der Waals surface area contributed by atoms with Gasteiger partial charge in [0.1, 0.15) is 10.3 Å². The molecule has 3 rings (SSSR count). The van der Waals surface area contributed by atoms with E-state index < -0.39 is 0 Å². The lowest BCUT2D eigenvalue weighted by atomic mass is 10.1. The largest absolute Gasteiger partial charge is 0.397 e. The first-order valence-electron chi connectivity index (χ1n) is 4.34. The van der Waals surface area contributed by atoms with Crippen LogP contribution in [0.1, 0.15) is 24.3 Å². The van der Waals surface area contributed by atoms with Gasteiger partial charge in [0.2, 0.25) is 0 Å². The van der Waals surface area contributed by atoms with Gasteiger partial charge < -0.3 is 5.73 Å². The van der Waals surface area contributed by atoms with Gasteiger partial charge in [-0.05, 0) is 18.8 Å². The van der Waals surface area contributed by atoms with Crippen LogP contribution in [0.2, 0.25) is 0 Å². The molecule has 66 valence electrons. The minimum Gasteiger partial charge on any atom is -0.397 e. The van der Waals surface area contributed by atoms with Crippen LogP contribution in [-0.4, -0.2) is 9.97 Å². The summed E-state index contributed by atoms with van der Waals surface area (Å²) in [6.07, 6.45) is 4.26. The van der Waals surface area contributed by atoms with Crippen molar-refractivity contribution < 1.29 is 0 Å². The summed E-state index contributed by atoms with van der Waals surface area (Å²) in [4.78, 5) is 9.57. The van der Waals surface area contributed by atoms with Gasteiger partial charge in [0, 0.05) is 5.56 Å². The second-order valence-corrected chi connectivity index (χ2v) is 4.24. The van der Waals surface area contributed by atoms with E-state index in [-0.39, 0.29) is 0 Å². The number of anilines is 1. The van der Waals surface area contributed by atoms with Crippen molar-refractivity contribution in [2.75, 3.05) is 5.73 Å². The highest BCUT2D eigenvalue weighted by molar-refractivity contribution is 7.16. The molecule has 0 bridgehead atoms. The van der Waals surface area contributed by atoms with Gasteiger partial charge in [-0.1, -0.05) is 0 Å². The van der Waals surface area contributed by atoms with E-state index in [0.717, 1.165) is 16.0 Å². The summed E-state index contributed by atoms with van der Waals surface area (Å²) >= 11 is 1.58. The number of hydrogen-bond donors (Lipinski definition) is 1. The van der Waals surface area contributed by atoms with Crippen molar-refractivity contribution in [2.45, 2.75) is 18.8 Å². The van der Waals surface area contributed by atoms with Crippen LogP contribution >= 0.6 is 11.3 Å². The second-order valence-electron chi connectivity index (χ2n) is 3.41. The van der Waals surface area contributed by atoms with E-state index >= 15 is 0 Å². The molecule has 0 spiro atoms. The Bertz CT molecular complexity index is 459. The van der Waals surface area contributed by atoms with Crippen LogP contribution in [0.3, 0.4) is 0 Å². The van der Waals surface area contributed by atoms with Crippen molar-refractivity contribution in [2.24, 2.45) is 0 Å². The highest BCUT2D eigenvalue weighted by atomic mass is 32.1. The zero-order chi connectivity index (χ0) is 8.84. The predicted octanol–water partition coefficient (Wildman–Crippen LogP) is 2.15. The first-order valence-corrected chi connectivity index (χ1v) is 5.22. The molecule has 0 atom stereocenters. The summed E-state index contributed by atoms with van der Waals surface area (Å²) in [6.45, 7) is 0. The van der Waals surface area contributed by atoms with Crippen molar-refractivity contribution in [3.8, 4) is 0 Å². The van der Waals surface area contributed by atoms with E-state index in [2.05, 4.69) is 9.97 Å². The second kappa shape index (κ2) is 2.42. The molecule has 3 nitrogen and oxygen atoms in total. The summed E-state index contributed by atoms with van der Waals surface area (Å²) in [5.74, 6) is 0.646. The van der Waals surface area contributed by atoms with Crippen LogP contribution in [0.15, 0.2) is 11.7 Å². The molecule has 2 aromatic rings. The number of hydrogen-bond acceptors (Lipinski definition) is 4. The predicted molar refractivity (Wildman–Crippen MR) is 53.8 cm³/mol. The molecule has 1 aliphatic carbocycles. The number of nitrogens with two attached hydrogens (primary N) is 1. The van der Waals surface area contributed by atoms with Gasteiger partial charge in [-0.3, -0.25) is 0 Å². The number of thiazole rings is 1. The number of pyridine rings is 1. The fourth-order valence-electron chi connectivity index (χ4n) is 1.65. The average molecular weight is 191 g/mol. The van der Waals surface area contributed by atoms with Crippen molar-refractivity contribution in [3.05, 3.63) is 17.3 Å². The quantitative estimate of drug-likeness (QED) is 0.751. The lowest BCUT2D eigenvalue weighted by Crippen LogP contribution is -1.94. The smallest absolute Gasteiger partial charge is 0.143 e. The molecule has 1 fully saturated rings. The molecule has 2 heterocycles. The van der Waals surface area contributed by atoms with E-state index in [1.54, 1.807) is 17.5 Å². The standard InChI is InChI=1S/C9H9N3S/c10-6-3-11-9-8(12-4-13-9)7(6)5-1-2-5/h3-5H,1-2,10H2. The molecule has 0 amide bonds. The van der Waals surface area contributed by atoms with E-state index in [4.69, 9.17) is 5.73 Å².